The third-order valence-electron chi connectivity index (χ3n) is 4.48. The number of nitrogens with zero attached hydrogens (tertiary/aromatic N) is 1. The third-order valence-corrected chi connectivity index (χ3v) is 4.71. The highest BCUT2D eigenvalue weighted by molar-refractivity contribution is 6.30. The van der Waals surface area contributed by atoms with E-state index < -0.39 is 6.04 Å². The van der Waals surface area contributed by atoms with Crippen molar-refractivity contribution in [3.8, 4) is 0 Å². The van der Waals surface area contributed by atoms with Crippen molar-refractivity contribution in [1.29, 1.82) is 0 Å². The number of carbonyl (C=O) groups excluding carboxylic acids is 2. The number of rotatable bonds is 8. The smallest absolute Gasteiger partial charge is 0.243 e. The standard InChI is InChI=1S/C24H31ClN2O2/c1-5-10-22(28)27(17-19-13-9-14-20(25)15-19)21(23(29)26-24(2,3)4)16-18-11-7-6-8-12-18/h6-9,11-15,21H,5,10,16-17H2,1-4H3,(H,26,29). The predicted molar refractivity (Wildman–Crippen MR) is 119 cm³/mol. The molecule has 0 fully saturated rings. The molecule has 0 aliphatic heterocycles. The van der Waals surface area contributed by atoms with Crippen LogP contribution in [0.1, 0.15) is 51.7 Å². The summed E-state index contributed by atoms with van der Waals surface area (Å²) in [7, 11) is 0. The summed E-state index contributed by atoms with van der Waals surface area (Å²) in [6.45, 7) is 8.14. The minimum absolute atomic E-state index is 0.0301. The molecular formula is C24H31ClN2O2. The summed E-state index contributed by atoms with van der Waals surface area (Å²) in [6.07, 6.45) is 1.58. The Kier molecular flexibility index (Phi) is 8.27. The first kappa shape index (κ1) is 23.0. The Morgan fingerprint density at radius 1 is 1.03 bits per heavy atom. The molecule has 2 rings (SSSR count). The maximum absolute atomic E-state index is 13.2. The Morgan fingerprint density at radius 3 is 2.28 bits per heavy atom. The van der Waals surface area contributed by atoms with Gasteiger partial charge < -0.3 is 10.2 Å². The van der Waals surface area contributed by atoms with E-state index in [1.807, 2.05) is 76.2 Å². The Balaban J connectivity index is 2.40. The summed E-state index contributed by atoms with van der Waals surface area (Å²) in [5, 5.41) is 3.67. The first-order valence-corrected chi connectivity index (χ1v) is 10.5. The third kappa shape index (κ3) is 7.54. The summed E-state index contributed by atoms with van der Waals surface area (Å²) in [4.78, 5) is 28.0. The molecular weight excluding hydrogens is 384 g/mol. The molecule has 0 bridgehead atoms. The largest absolute Gasteiger partial charge is 0.350 e. The molecule has 0 aliphatic carbocycles. The van der Waals surface area contributed by atoms with Gasteiger partial charge in [0.05, 0.1) is 0 Å². The van der Waals surface area contributed by atoms with Crippen LogP contribution < -0.4 is 5.32 Å². The van der Waals surface area contributed by atoms with Crippen LogP contribution in [-0.4, -0.2) is 28.3 Å². The molecule has 0 aliphatic rings. The van der Waals surface area contributed by atoms with Crippen LogP contribution in [0, 0.1) is 0 Å². The number of nitrogens with one attached hydrogen (secondary N) is 1. The van der Waals surface area contributed by atoms with E-state index in [1.165, 1.54) is 0 Å². The highest BCUT2D eigenvalue weighted by Gasteiger charge is 2.31. The Morgan fingerprint density at radius 2 is 1.69 bits per heavy atom. The maximum Gasteiger partial charge on any atom is 0.243 e. The average molecular weight is 415 g/mol. The zero-order valence-electron chi connectivity index (χ0n) is 17.7. The van der Waals surface area contributed by atoms with Gasteiger partial charge in [-0.1, -0.05) is 61.0 Å². The number of halogens is 1. The van der Waals surface area contributed by atoms with Crippen molar-refractivity contribution in [3.05, 3.63) is 70.7 Å². The van der Waals surface area contributed by atoms with Gasteiger partial charge in [-0.3, -0.25) is 9.59 Å². The van der Waals surface area contributed by atoms with E-state index in [0.717, 1.165) is 17.5 Å². The zero-order valence-corrected chi connectivity index (χ0v) is 18.5. The minimum Gasteiger partial charge on any atom is -0.350 e. The Bertz CT molecular complexity index is 815. The van der Waals surface area contributed by atoms with Crippen LogP contribution in [0.3, 0.4) is 0 Å². The summed E-state index contributed by atoms with van der Waals surface area (Å²) in [5.74, 6) is -0.176. The highest BCUT2D eigenvalue weighted by atomic mass is 35.5. The van der Waals surface area contributed by atoms with Crippen LogP contribution >= 0.6 is 11.6 Å². The van der Waals surface area contributed by atoms with Crippen LogP contribution in [0.2, 0.25) is 5.02 Å². The second-order valence-corrected chi connectivity index (χ2v) is 8.78. The molecule has 1 unspecified atom stereocenters. The van der Waals surface area contributed by atoms with Gasteiger partial charge in [-0.05, 0) is 50.5 Å². The van der Waals surface area contributed by atoms with E-state index in [4.69, 9.17) is 11.6 Å². The van der Waals surface area contributed by atoms with Gasteiger partial charge in [-0.15, -0.1) is 0 Å². The fourth-order valence-electron chi connectivity index (χ4n) is 3.20. The summed E-state index contributed by atoms with van der Waals surface area (Å²) in [6, 6.07) is 16.6. The lowest BCUT2D eigenvalue weighted by atomic mass is 10.00. The molecule has 2 amide bonds. The van der Waals surface area contributed by atoms with Crippen molar-refractivity contribution < 1.29 is 9.59 Å². The van der Waals surface area contributed by atoms with Gasteiger partial charge in [-0.2, -0.15) is 0 Å². The normalized spacial score (nSPS) is 12.3. The predicted octanol–water partition coefficient (Wildman–Crippen LogP) is 4.99. The van der Waals surface area contributed by atoms with E-state index in [2.05, 4.69) is 5.32 Å². The average Bonchev–Trinajstić information content (AvgIpc) is 2.64. The lowest BCUT2D eigenvalue weighted by molar-refractivity contribution is -0.142. The van der Waals surface area contributed by atoms with E-state index >= 15 is 0 Å². The quantitative estimate of drug-likeness (QED) is 0.661. The monoisotopic (exact) mass is 414 g/mol. The molecule has 4 nitrogen and oxygen atoms in total. The Labute approximate surface area is 179 Å². The number of carbonyl (C=O) groups is 2. The first-order valence-electron chi connectivity index (χ1n) is 10.1. The lowest BCUT2D eigenvalue weighted by Gasteiger charge is -2.34. The summed E-state index contributed by atoms with van der Waals surface area (Å²) >= 11 is 6.15. The van der Waals surface area contributed by atoms with Crippen LogP contribution in [0.25, 0.3) is 0 Å². The molecule has 0 radical (unpaired) electrons. The molecule has 0 saturated carbocycles. The summed E-state index contributed by atoms with van der Waals surface area (Å²) < 4.78 is 0. The SMILES string of the molecule is CCCC(=O)N(Cc1cccc(Cl)c1)C(Cc1ccccc1)C(=O)NC(C)(C)C. The Hall–Kier alpha value is -2.33. The van der Waals surface area contributed by atoms with Gasteiger partial charge in [0.2, 0.25) is 11.8 Å². The second kappa shape index (κ2) is 10.4. The van der Waals surface area contributed by atoms with Gasteiger partial charge in [0, 0.05) is 29.9 Å². The van der Waals surface area contributed by atoms with Gasteiger partial charge >= 0.3 is 0 Å². The van der Waals surface area contributed by atoms with E-state index in [9.17, 15) is 9.59 Å². The topological polar surface area (TPSA) is 49.4 Å². The van der Waals surface area contributed by atoms with E-state index in [-0.39, 0.29) is 17.4 Å². The molecule has 1 N–H and O–H groups in total. The highest BCUT2D eigenvalue weighted by Crippen LogP contribution is 2.19. The molecule has 0 heterocycles. The van der Waals surface area contributed by atoms with Crippen molar-refractivity contribution in [3.63, 3.8) is 0 Å². The van der Waals surface area contributed by atoms with E-state index in [1.54, 1.807) is 11.0 Å². The van der Waals surface area contributed by atoms with Crippen LogP contribution in [-0.2, 0) is 22.6 Å². The van der Waals surface area contributed by atoms with Gasteiger partial charge in [0.15, 0.2) is 0 Å². The van der Waals surface area contributed by atoms with Gasteiger partial charge in [0.1, 0.15) is 6.04 Å². The molecule has 0 aromatic heterocycles. The fourth-order valence-corrected chi connectivity index (χ4v) is 3.41. The maximum atomic E-state index is 13.2. The molecule has 0 saturated heterocycles. The molecule has 5 heteroatoms. The fraction of sp³-hybridized carbons (Fsp3) is 0.417. The van der Waals surface area contributed by atoms with Crippen molar-refractivity contribution in [1.82, 2.24) is 10.2 Å². The second-order valence-electron chi connectivity index (χ2n) is 8.35. The summed E-state index contributed by atoms with van der Waals surface area (Å²) in [5.41, 5.74) is 1.53. The molecule has 2 aromatic carbocycles. The molecule has 0 spiro atoms. The first-order chi connectivity index (χ1) is 13.7. The molecule has 1 atom stereocenters. The van der Waals surface area contributed by atoms with Gasteiger partial charge in [0.25, 0.3) is 0 Å². The van der Waals surface area contributed by atoms with Crippen LogP contribution in [0.5, 0.6) is 0 Å². The van der Waals surface area contributed by atoms with Crippen molar-refractivity contribution in [2.24, 2.45) is 0 Å². The number of hydrogen-bond donors (Lipinski definition) is 1. The van der Waals surface area contributed by atoms with E-state index in [0.29, 0.717) is 24.4 Å². The van der Waals surface area contributed by atoms with Gasteiger partial charge in [-0.25, -0.2) is 0 Å². The van der Waals surface area contributed by atoms with Crippen LogP contribution in [0.15, 0.2) is 54.6 Å². The molecule has 2 aromatic rings. The van der Waals surface area contributed by atoms with Crippen LogP contribution in [0.4, 0.5) is 0 Å². The zero-order chi connectivity index (χ0) is 21.4. The molecule has 156 valence electrons. The number of hydrogen-bond acceptors (Lipinski definition) is 2. The molecule has 29 heavy (non-hydrogen) atoms. The minimum atomic E-state index is -0.602. The van der Waals surface area contributed by atoms with Crippen molar-refractivity contribution >= 4 is 23.4 Å². The number of benzene rings is 2. The lowest BCUT2D eigenvalue weighted by Crippen LogP contribution is -2.54. The van der Waals surface area contributed by atoms with Crippen molar-refractivity contribution in [2.75, 3.05) is 0 Å². The number of amides is 2. The van der Waals surface area contributed by atoms with Crippen molar-refractivity contribution in [2.45, 2.75) is 65.1 Å².